The number of methoxy groups -OCH3 is 1. The number of halogens is 1. The fourth-order valence-corrected chi connectivity index (χ4v) is 4.57. The van der Waals surface area contributed by atoms with Gasteiger partial charge in [-0.1, -0.05) is 11.6 Å². The largest absolute Gasteiger partial charge is 0.490 e. The summed E-state index contributed by atoms with van der Waals surface area (Å²) in [5.74, 6) is 1.54. The first-order valence-electron chi connectivity index (χ1n) is 10.4. The summed E-state index contributed by atoms with van der Waals surface area (Å²) in [6.45, 7) is 9.30. The molecule has 2 saturated heterocycles. The summed E-state index contributed by atoms with van der Waals surface area (Å²) >= 11 is 6.03. The van der Waals surface area contributed by atoms with Gasteiger partial charge in [0.1, 0.15) is 17.9 Å². The molecule has 2 heterocycles. The third-order valence-electron chi connectivity index (χ3n) is 6.22. The van der Waals surface area contributed by atoms with Crippen molar-refractivity contribution >= 4 is 17.6 Å². The van der Waals surface area contributed by atoms with Crippen LogP contribution in [0.4, 0.5) is 0 Å². The van der Waals surface area contributed by atoms with Crippen molar-refractivity contribution in [3.05, 3.63) is 28.8 Å². The molecule has 0 saturated carbocycles. The van der Waals surface area contributed by atoms with Gasteiger partial charge in [0.05, 0.1) is 7.11 Å². The summed E-state index contributed by atoms with van der Waals surface area (Å²) in [5.41, 5.74) is 1.10. The van der Waals surface area contributed by atoms with E-state index in [1.54, 1.807) is 0 Å². The first kappa shape index (κ1) is 21.4. The van der Waals surface area contributed by atoms with Crippen LogP contribution in [0, 0.1) is 12.8 Å². The van der Waals surface area contributed by atoms with Gasteiger partial charge < -0.3 is 14.4 Å². The zero-order valence-corrected chi connectivity index (χ0v) is 18.1. The van der Waals surface area contributed by atoms with E-state index in [9.17, 15) is 4.79 Å². The molecule has 0 bridgehead atoms. The van der Waals surface area contributed by atoms with E-state index >= 15 is 0 Å². The molecule has 2 aliphatic rings. The van der Waals surface area contributed by atoms with Crippen LogP contribution in [0.15, 0.2) is 18.2 Å². The van der Waals surface area contributed by atoms with Crippen LogP contribution >= 0.6 is 11.6 Å². The van der Waals surface area contributed by atoms with Crippen LogP contribution in [0.5, 0.6) is 5.75 Å². The lowest BCUT2D eigenvalue weighted by Crippen LogP contribution is -2.47. The molecule has 0 amide bonds. The third-order valence-corrected chi connectivity index (χ3v) is 6.46. The number of esters is 1. The molecule has 0 radical (unpaired) electrons. The van der Waals surface area contributed by atoms with E-state index in [4.69, 9.17) is 21.1 Å². The summed E-state index contributed by atoms with van der Waals surface area (Å²) in [5, 5.41) is 0.756. The maximum absolute atomic E-state index is 11.7. The van der Waals surface area contributed by atoms with Crippen molar-refractivity contribution in [3.8, 4) is 5.75 Å². The van der Waals surface area contributed by atoms with E-state index in [1.807, 2.05) is 32.0 Å². The van der Waals surface area contributed by atoms with Gasteiger partial charge in [-0.15, -0.1) is 0 Å². The van der Waals surface area contributed by atoms with Crippen LogP contribution in [-0.4, -0.2) is 67.7 Å². The lowest BCUT2D eigenvalue weighted by Gasteiger charge is -2.38. The van der Waals surface area contributed by atoms with Gasteiger partial charge in [0.15, 0.2) is 0 Å². The Morgan fingerprint density at radius 2 is 1.86 bits per heavy atom. The molecule has 3 rings (SSSR count). The SMILES string of the molecule is COC(=O)[C@H](C)N1CCC(CN2CCC(Oc3ccc(Cl)cc3C)CC2)CC1. The van der Waals surface area contributed by atoms with E-state index in [1.165, 1.54) is 7.11 Å². The molecule has 0 spiro atoms. The minimum atomic E-state index is -0.129. The Hall–Kier alpha value is -1.30. The van der Waals surface area contributed by atoms with Crippen molar-refractivity contribution in [1.29, 1.82) is 0 Å². The Balaban J connectivity index is 1.38. The first-order valence-corrected chi connectivity index (χ1v) is 10.8. The average Bonchev–Trinajstić information content (AvgIpc) is 2.71. The zero-order chi connectivity index (χ0) is 20.1. The normalized spacial score (nSPS) is 21.4. The van der Waals surface area contributed by atoms with E-state index in [0.717, 1.165) is 80.7 Å². The maximum atomic E-state index is 11.7. The number of piperidine rings is 2. The van der Waals surface area contributed by atoms with Gasteiger partial charge >= 0.3 is 5.97 Å². The van der Waals surface area contributed by atoms with Crippen LogP contribution < -0.4 is 4.74 Å². The number of hydrogen-bond acceptors (Lipinski definition) is 5. The van der Waals surface area contributed by atoms with Crippen molar-refractivity contribution in [1.82, 2.24) is 9.80 Å². The summed E-state index contributed by atoms with van der Waals surface area (Å²) in [7, 11) is 1.47. The Morgan fingerprint density at radius 3 is 2.46 bits per heavy atom. The minimum Gasteiger partial charge on any atom is -0.490 e. The number of aryl methyl sites for hydroxylation is 1. The van der Waals surface area contributed by atoms with E-state index in [-0.39, 0.29) is 12.0 Å². The number of carbonyl (C=O) groups excluding carboxylic acids is 1. The topological polar surface area (TPSA) is 42.0 Å². The summed E-state index contributed by atoms with van der Waals surface area (Å²) in [4.78, 5) is 16.5. The Bertz CT molecular complexity index is 653. The van der Waals surface area contributed by atoms with E-state index in [2.05, 4.69) is 9.80 Å². The van der Waals surface area contributed by atoms with E-state index < -0.39 is 0 Å². The van der Waals surface area contributed by atoms with Crippen molar-refractivity contribution in [2.45, 2.75) is 51.7 Å². The molecule has 0 unspecified atom stereocenters. The Kier molecular flexibility index (Phi) is 7.61. The van der Waals surface area contributed by atoms with Gasteiger partial charge in [0, 0.05) is 24.7 Å². The van der Waals surface area contributed by atoms with Crippen LogP contribution in [0.25, 0.3) is 0 Å². The maximum Gasteiger partial charge on any atom is 0.322 e. The number of rotatable bonds is 6. The molecule has 2 aliphatic heterocycles. The van der Waals surface area contributed by atoms with E-state index in [0.29, 0.717) is 6.10 Å². The standard InChI is InChI=1S/C22H33ClN2O3/c1-16-14-19(23)4-5-21(16)28-20-8-10-24(11-9-20)15-18-6-12-25(13-7-18)17(2)22(26)27-3/h4-5,14,17-18,20H,6-13,15H2,1-3H3/t17-/m0/s1. The fourth-order valence-electron chi connectivity index (χ4n) is 4.34. The number of benzene rings is 1. The molecule has 2 fully saturated rings. The molecule has 1 aromatic carbocycles. The van der Waals surface area contributed by atoms with Gasteiger partial charge in [-0.2, -0.15) is 0 Å². The number of carbonyl (C=O) groups is 1. The lowest BCUT2D eigenvalue weighted by molar-refractivity contribution is -0.146. The molecule has 156 valence electrons. The second-order valence-electron chi connectivity index (χ2n) is 8.21. The molecule has 6 heteroatoms. The summed E-state index contributed by atoms with van der Waals surface area (Å²) < 4.78 is 11.1. The van der Waals surface area contributed by atoms with Crippen LogP contribution in [0.3, 0.4) is 0 Å². The second-order valence-corrected chi connectivity index (χ2v) is 8.64. The molecule has 28 heavy (non-hydrogen) atoms. The Labute approximate surface area is 173 Å². The second kappa shape index (κ2) is 9.95. The predicted octanol–water partition coefficient (Wildman–Crippen LogP) is 3.77. The zero-order valence-electron chi connectivity index (χ0n) is 17.3. The van der Waals surface area contributed by atoms with Crippen molar-refractivity contribution in [3.63, 3.8) is 0 Å². The minimum absolute atomic E-state index is 0.128. The lowest BCUT2D eigenvalue weighted by atomic mass is 9.94. The highest BCUT2D eigenvalue weighted by atomic mass is 35.5. The number of ether oxygens (including phenoxy) is 2. The Morgan fingerprint density at radius 1 is 1.18 bits per heavy atom. The monoisotopic (exact) mass is 408 g/mol. The number of likely N-dealkylation sites (tertiary alicyclic amines) is 2. The van der Waals surface area contributed by atoms with Crippen molar-refractivity contribution in [2.75, 3.05) is 39.8 Å². The van der Waals surface area contributed by atoms with Gasteiger partial charge in [0.2, 0.25) is 0 Å². The molecule has 5 nitrogen and oxygen atoms in total. The highest BCUT2D eigenvalue weighted by Gasteiger charge is 2.29. The van der Waals surface area contributed by atoms with Gasteiger partial charge in [0.25, 0.3) is 0 Å². The molecule has 1 aromatic rings. The number of hydrogen-bond donors (Lipinski definition) is 0. The summed E-state index contributed by atoms with van der Waals surface area (Å²) in [6.07, 6.45) is 4.74. The summed E-state index contributed by atoms with van der Waals surface area (Å²) in [6, 6.07) is 5.70. The van der Waals surface area contributed by atoms with Crippen LogP contribution in [0.2, 0.25) is 5.02 Å². The predicted molar refractivity (Wildman–Crippen MR) is 112 cm³/mol. The van der Waals surface area contributed by atoms with Crippen molar-refractivity contribution in [2.24, 2.45) is 5.92 Å². The van der Waals surface area contributed by atoms with Crippen LogP contribution in [-0.2, 0) is 9.53 Å². The number of nitrogens with zero attached hydrogens (tertiary/aromatic N) is 2. The van der Waals surface area contributed by atoms with Gasteiger partial charge in [-0.25, -0.2) is 0 Å². The van der Waals surface area contributed by atoms with Crippen LogP contribution in [0.1, 0.15) is 38.2 Å². The quantitative estimate of drug-likeness (QED) is 0.670. The molecule has 1 atom stereocenters. The fraction of sp³-hybridized carbons (Fsp3) is 0.682. The van der Waals surface area contributed by atoms with Crippen molar-refractivity contribution < 1.29 is 14.3 Å². The first-order chi connectivity index (χ1) is 13.5. The molecule has 0 N–H and O–H groups in total. The smallest absolute Gasteiger partial charge is 0.322 e. The van der Waals surface area contributed by atoms with Gasteiger partial charge in [-0.3, -0.25) is 9.69 Å². The molecular weight excluding hydrogens is 376 g/mol. The third kappa shape index (κ3) is 5.62. The highest BCUT2D eigenvalue weighted by Crippen LogP contribution is 2.26. The average molecular weight is 409 g/mol. The molecule has 0 aliphatic carbocycles. The molecule has 0 aromatic heterocycles. The van der Waals surface area contributed by atoms with Gasteiger partial charge in [-0.05, 0) is 82.3 Å². The molecular formula is C22H33ClN2O3. The highest BCUT2D eigenvalue weighted by molar-refractivity contribution is 6.30.